The Hall–Kier alpha value is -1.92. The summed E-state index contributed by atoms with van der Waals surface area (Å²) in [6.45, 7) is 4.95. The molecule has 3 rings (SSSR count). The number of nitrogens with zero attached hydrogens (tertiary/aromatic N) is 2. The average Bonchev–Trinajstić information content (AvgIpc) is 3.07. The molecular weight excluding hydrogens is 324 g/mol. The number of hydrogen-bond donors (Lipinski definition) is 0. The summed E-state index contributed by atoms with van der Waals surface area (Å²) in [5.41, 5.74) is 1.95. The van der Waals surface area contributed by atoms with Crippen molar-refractivity contribution in [3.63, 3.8) is 0 Å². The predicted octanol–water partition coefficient (Wildman–Crippen LogP) is 3.31. The second-order valence-corrected chi connectivity index (χ2v) is 7.84. The van der Waals surface area contributed by atoms with E-state index < -0.39 is 10.0 Å². The minimum absolute atomic E-state index is 0.167. The van der Waals surface area contributed by atoms with Crippen LogP contribution in [0.4, 0.5) is 0 Å². The summed E-state index contributed by atoms with van der Waals surface area (Å²) < 4.78 is 32.9. The molecule has 1 aliphatic rings. The van der Waals surface area contributed by atoms with Crippen molar-refractivity contribution >= 4 is 10.0 Å². The summed E-state index contributed by atoms with van der Waals surface area (Å²) in [6, 6.07) is 10.6. The Morgan fingerprint density at radius 1 is 1.21 bits per heavy atom. The molecule has 0 aliphatic carbocycles. The molecule has 24 heavy (non-hydrogen) atoms. The summed E-state index contributed by atoms with van der Waals surface area (Å²) in [6.07, 6.45) is 3.38. The number of aromatic nitrogens is 1. The van der Waals surface area contributed by atoms with E-state index in [1.54, 1.807) is 28.7 Å². The van der Waals surface area contributed by atoms with Crippen LogP contribution in [-0.4, -0.2) is 30.9 Å². The fraction of sp³-hybridized carbons (Fsp3) is 0.389. The molecule has 1 atom stereocenters. The van der Waals surface area contributed by atoms with Crippen molar-refractivity contribution in [1.29, 1.82) is 0 Å². The molecule has 128 valence electrons. The lowest BCUT2D eigenvalue weighted by atomic mass is 10.1. The highest BCUT2D eigenvalue weighted by atomic mass is 32.2. The lowest BCUT2D eigenvalue weighted by Gasteiger charge is -2.24. The summed E-state index contributed by atoms with van der Waals surface area (Å²) in [5, 5.41) is 0. The first-order valence-corrected chi connectivity index (χ1v) is 9.63. The second-order valence-electron chi connectivity index (χ2n) is 5.95. The van der Waals surface area contributed by atoms with Crippen molar-refractivity contribution in [2.24, 2.45) is 0 Å². The maximum atomic E-state index is 13.0. The van der Waals surface area contributed by atoms with Gasteiger partial charge in [0.15, 0.2) is 0 Å². The third kappa shape index (κ3) is 3.30. The van der Waals surface area contributed by atoms with Gasteiger partial charge >= 0.3 is 0 Å². The second kappa shape index (κ2) is 6.91. The Bertz CT molecular complexity index is 786. The van der Waals surface area contributed by atoms with Gasteiger partial charge in [0, 0.05) is 18.8 Å². The van der Waals surface area contributed by atoms with E-state index in [0.717, 1.165) is 24.0 Å². The molecule has 0 bridgehead atoms. The quantitative estimate of drug-likeness (QED) is 0.833. The first kappa shape index (κ1) is 16.9. The van der Waals surface area contributed by atoms with E-state index in [2.05, 4.69) is 4.98 Å². The highest BCUT2D eigenvalue weighted by molar-refractivity contribution is 7.89. The van der Waals surface area contributed by atoms with Gasteiger partial charge < -0.3 is 4.74 Å². The molecule has 2 aromatic rings. The SMILES string of the molecule is CCOc1ccc([C@@H]2CCCN2S(=O)(=O)c2ccc(C)cc2)cn1. The van der Waals surface area contributed by atoms with E-state index in [4.69, 9.17) is 4.74 Å². The van der Waals surface area contributed by atoms with Gasteiger partial charge in [0.1, 0.15) is 0 Å². The van der Waals surface area contributed by atoms with Gasteiger partial charge in [0.25, 0.3) is 0 Å². The number of benzene rings is 1. The standard InChI is InChI=1S/C18H22N2O3S/c1-3-23-18-11-8-15(13-19-18)17-5-4-12-20(17)24(21,22)16-9-6-14(2)7-10-16/h6-11,13,17H,3-5,12H2,1-2H3/t17-/m0/s1. The van der Waals surface area contributed by atoms with Gasteiger partial charge in [-0.05, 0) is 44.4 Å². The number of hydrogen-bond acceptors (Lipinski definition) is 4. The highest BCUT2D eigenvalue weighted by Gasteiger charge is 2.36. The molecule has 0 N–H and O–H groups in total. The van der Waals surface area contributed by atoms with Crippen LogP contribution < -0.4 is 4.74 Å². The number of ether oxygens (including phenoxy) is 1. The maximum absolute atomic E-state index is 13.0. The summed E-state index contributed by atoms with van der Waals surface area (Å²) in [7, 11) is -3.50. The van der Waals surface area contributed by atoms with Crippen LogP contribution in [0.5, 0.6) is 5.88 Å². The number of pyridine rings is 1. The highest BCUT2D eigenvalue weighted by Crippen LogP contribution is 2.36. The van der Waals surface area contributed by atoms with Crippen LogP contribution >= 0.6 is 0 Å². The Kier molecular flexibility index (Phi) is 4.87. The molecule has 1 saturated heterocycles. The largest absolute Gasteiger partial charge is 0.478 e. The first-order chi connectivity index (χ1) is 11.5. The van der Waals surface area contributed by atoms with Crippen molar-refractivity contribution in [2.45, 2.75) is 37.6 Å². The zero-order valence-electron chi connectivity index (χ0n) is 14.0. The molecule has 5 nitrogen and oxygen atoms in total. The molecule has 6 heteroatoms. The van der Waals surface area contributed by atoms with Gasteiger partial charge in [-0.25, -0.2) is 13.4 Å². The maximum Gasteiger partial charge on any atom is 0.243 e. The van der Waals surface area contributed by atoms with Crippen molar-refractivity contribution < 1.29 is 13.2 Å². The molecule has 0 saturated carbocycles. The molecule has 1 aliphatic heterocycles. The van der Waals surface area contributed by atoms with E-state index in [1.165, 1.54) is 0 Å². The van der Waals surface area contributed by atoms with Crippen LogP contribution in [0.25, 0.3) is 0 Å². The average molecular weight is 346 g/mol. The zero-order valence-corrected chi connectivity index (χ0v) is 14.8. The Morgan fingerprint density at radius 2 is 1.96 bits per heavy atom. The van der Waals surface area contributed by atoms with Gasteiger partial charge in [-0.2, -0.15) is 4.31 Å². The van der Waals surface area contributed by atoms with E-state index in [0.29, 0.717) is 23.9 Å². The van der Waals surface area contributed by atoms with Crippen molar-refractivity contribution in [3.8, 4) is 5.88 Å². The predicted molar refractivity (Wildman–Crippen MR) is 92.5 cm³/mol. The molecule has 1 fully saturated rings. The lowest BCUT2D eigenvalue weighted by molar-refractivity contribution is 0.326. The van der Waals surface area contributed by atoms with Crippen LogP contribution in [0.2, 0.25) is 0 Å². The van der Waals surface area contributed by atoms with Crippen molar-refractivity contribution in [1.82, 2.24) is 9.29 Å². The molecular formula is C18H22N2O3S. The normalized spacial score (nSPS) is 18.7. The van der Waals surface area contributed by atoms with E-state index in [9.17, 15) is 8.42 Å². The van der Waals surface area contributed by atoms with Crippen LogP contribution in [0.1, 0.15) is 36.9 Å². The lowest BCUT2D eigenvalue weighted by Crippen LogP contribution is -2.30. The fourth-order valence-corrected chi connectivity index (χ4v) is 4.71. The number of sulfonamides is 1. The molecule has 0 amide bonds. The Balaban J connectivity index is 1.88. The minimum Gasteiger partial charge on any atom is -0.478 e. The van der Waals surface area contributed by atoms with E-state index in [-0.39, 0.29) is 6.04 Å². The summed E-state index contributed by atoms with van der Waals surface area (Å²) in [5.74, 6) is 0.562. The third-order valence-corrected chi connectivity index (χ3v) is 6.19. The smallest absolute Gasteiger partial charge is 0.243 e. The van der Waals surface area contributed by atoms with Gasteiger partial charge in [-0.1, -0.05) is 23.8 Å². The van der Waals surface area contributed by atoms with Crippen LogP contribution in [0.15, 0.2) is 47.5 Å². The summed E-state index contributed by atoms with van der Waals surface area (Å²) >= 11 is 0. The van der Waals surface area contributed by atoms with Crippen molar-refractivity contribution in [2.75, 3.05) is 13.2 Å². The molecule has 1 aromatic carbocycles. The van der Waals surface area contributed by atoms with Crippen LogP contribution in [0, 0.1) is 6.92 Å². The van der Waals surface area contributed by atoms with Crippen molar-refractivity contribution in [3.05, 3.63) is 53.7 Å². The minimum atomic E-state index is -3.50. The molecule has 0 unspecified atom stereocenters. The number of rotatable bonds is 5. The Labute approximate surface area is 143 Å². The Morgan fingerprint density at radius 3 is 2.58 bits per heavy atom. The monoisotopic (exact) mass is 346 g/mol. The van der Waals surface area contributed by atoms with Crippen LogP contribution in [0.3, 0.4) is 0 Å². The molecule has 0 radical (unpaired) electrons. The molecule has 0 spiro atoms. The summed E-state index contributed by atoms with van der Waals surface area (Å²) in [4.78, 5) is 4.62. The van der Waals surface area contributed by atoms with Gasteiger partial charge in [0.05, 0.1) is 17.5 Å². The van der Waals surface area contributed by atoms with Gasteiger partial charge in [0.2, 0.25) is 15.9 Å². The van der Waals surface area contributed by atoms with Crippen LogP contribution in [-0.2, 0) is 10.0 Å². The zero-order chi connectivity index (χ0) is 17.2. The van der Waals surface area contributed by atoms with E-state index in [1.807, 2.05) is 32.0 Å². The van der Waals surface area contributed by atoms with E-state index >= 15 is 0 Å². The first-order valence-electron chi connectivity index (χ1n) is 8.19. The molecule has 1 aromatic heterocycles. The van der Waals surface area contributed by atoms with Gasteiger partial charge in [-0.15, -0.1) is 0 Å². The van der Waals surface area contributed by atoms with Gasteiger partial charge in [-0.3, -0.25) is 0 Å². The fourth-order valence-electron chi connectivity index (χ4n) is 3.03. The third-order valence-electron chi connectivity index (χ3n) is 4.27. The number of aryl methyl sites for hydroxylation is 1. The molecule has 2 heterocycles. The topological polar surface area (TPSA) is 59.5 Å².